The molecular formula is C14H10ClN3O. The molecule has 94 valence electrons. The highest BCUT2D eigenvalue weighted by atomic mass is 35.5. The van der Waals surface area contributed by atoms with Crippen LogP contribution in [0.25, 0.3) is 22.5 Å². The second-order valence-corrected chi connectivity index (χ2v) is 4.40. The van der Waals surface area contributed by atoms with E-state index >= 15 is 0 Å². The number of rotatable bonds is 2. The lowest BCUT2D eigenvalue weighted by Gasteiger charge is -2.04. The van der Waals surface area contributed by atoms with E-state index in [0.29, 0.717) is 22.2 Å². The lowest BCUT2D eigenvalue weighted by Crippen LogP contribution is -1.89. The molecule has 5 heteroatoms. The van der Waals surface area contributed by atoms with E-state index in [9.17, 15) is 0 Å². The summed E-state index contributed by atoms with van der Waals surface area (Å²) in [6.45, 7) is 0. The lowest BCUT2D eigenvalue weighted by atomic mass is 10.0. The number of nitrogens with zero attached hydrogens (tertiary/aromatic N) is 2. The molecule has 0 saturated heterocycles. The molecule has 0 unspecified atom stereocenters. The molecule has 0 aliphatic carbocycles. The van der Waals surface area contributed by atoms with Crippen LogP contribution < -0.4 is 5.73 Å². The predicted octanol–water partition coefficient (Wildman–Crippen LogP) is 3.64. The Morgan fingerprint density at radius 1 is 1.11 bits per heavy atom. The van der Waals surface area contributed by atoms with Gasteiger partial charge in [-0.2, -0.15) is 0 Å². The smallest absolute Gasteiger partial charge is 0.178 e. The zero-order valence-electron chi connectivity index (χ0n) is 9.88. The Kier molecular flexibility index (Phi) is 2.93. The van der Waals surface area contributed by atoms with Crippen LogP contribution in [0.2, 0.25) is 5.02 Å². The first-order valence-corrected chi connectivity index (χ1v) is 6.05. The summed E-state index contributed by atoms with van der Waals surface area (Å²) in [5.74, 6) is 0.880. The highest BCUT2D eigenvalue weighted by Gasteiger charge is 2.19. The number of pyridine rings is 1. The van der Waals surface area contributed by atoms with Gasteiger partial charge in [0.2, 0.25) is 0 Å². The summed E-state index contributed by atoms with van der Waals surface area (Å²) < 4.78 is 5.32. The van der Waals surface area contributed by atoms with E-state index in [2.05, 4.69) is 10.1 Å². The van der Waals surface area contributed by atoms with E-state index in [1.165, 1.54) is 0 Å². The van der Waals surface area contributed by atoms with Gasteiger partial charge in [0, 0.05) is 28.5 Å². The van der Waals surface area contributed by atoms with Crippen molar-refractivity contribution in [2.45, 2.75) is 0 Å². The fraction of sp³-hybridized carbons (Fsp3) is 0. The molecule has 0 fully saturated rings. The summed E-state index contributed by atoms with van der Waals surface area (Å²) in [4.78, 5) is 4.07. The Morgan fingerprint density at radius 3 is 2.68 bits per heavy atom. The van der Waals surface area contributed by atoms with Gasteiger partial charge in [-0.25, -0.2) is 0 Å². The van der Waals surface area contributed by atoms with Gasteiger partial charge in [0.1, 0.15) is 0 Å². The number of aromatic nitrogens is 2. The number of nitrogen functional groups attached to an aromatic ring is 1. The Labute approximate surface area is 114 Å². The average Bonchev–Trinajstić information content (AvgIpc) is 2.82. The molecule has 0 amide bonds. The van der Waals surface area contributed by atoms with Gasteiger partial charge in [0.15, 0.2) is 11.6 Å². The van der Waals surface area contributed by atoms with Crippen LogP contribution in [0.3, 0.4) is 0 Å². The molecule has 0 radical (unpaired) electrons. The van der Waals surface area contributed by atoms with E-state index in [4.69, 9.17) is 21.9 Å². The minimum absolute atomic E-state index is 0.312. The van der Waals surface area contributed by atoms with Gasteiger partial charge in [0.25, 0.3) is 0 Å². The minimum atomic E-state index is 0.312. The Hall–Kier alpha value is -2.33. The monoisotopic (exact) mass is 271 g/mol. The summed E-state index contributed by atoms with van der Waals surface area (Å²) in [6, 6.07) is 11.1. The van der Waals surface area contributed by atoms with Gasteiger partial charge in [-0.15, -0.1) is 0 Å². The maximum absolute atomic E-state index is 6.21. The number of anilines is 1. The van der Waals surface area contributed by atoms with Crippen LogP contribution in [-0.2, 0) is 0 Å². The maximum atomic E-state index is 6.21. The first kappa shape index (κ1) is 11.7. The average molecular weight is 272 g/mol. The largest absolute Gasteiger partial charge is 0.380 e. The molecule has 4 nitrogen and oxygen atoms in total. The molecular weight excluding hydrogens is 262 g/mol. The SMILES string of the molecule is Nc1noc(-c2cccnc2)c1-c1ccccc1Cl. The lowest BCUT2D eigenvalue weighted by molar-refractivity contribution is 0.436. The fourth-order valence-electron chi connectivity index (χ4n) is 1.92. The van der Waals surface area contributed by atoms with Crippen LogP contribution in [0.1, 0.15) is 0 Å². The van der Waals surface area contributed by atoms with Crippen molar-refractivity contribution in [1.29, 1.82) is 0 Å². The van der Waals surface area contributed by atoms with Crippen molar-refractivity contribution in [3.05, 3.63) is 53.8 Å². The van der Waals surface area contributed by atoms with Crippen LogP contribution in [0.15, 0.2) is 53.3 Å². The van der Waals surface area contributed by atoms with E-state index in [1.54, 1.807) is 18.5 Å². The molecule has 0 spiro atoms. The standard InChI is InChI=1S/C14H10ClN3O/c15-11-6-2-1-5-10(11)12-13(19-18-14(12)16)9-4-3-7-17-8-9/h1-8H,(H2,16,18). The summed E-state index contributed by atoms with van der Waals surface area (Å²) >= 11 is 6.21. The quantitative estimate of drug-likeness (QED) is 0.773. The van der Waals surface area contributed by atoms with Gasteiger partial charge < -0.3 is 10.3 Å². The van der Waals surface area contributed by atoms with Crippen LogP contribution in [0.4, 0.5) is 5.82 Å². The topological polar surface area (TPSA) is 64.9 Å². The summed E-state index contributed by atoms with van der Waals surface area (Å²) in [5, 5.41) is 4.43. The molecule has 0 saturated carbocycles. The third-order valence-corrected chi connectivity index (χ3v) is 3.11. The number of nitrogens with two attached hydrogens (primary N) is 1. The molecule has 19 heavy (non-hydrogen) atoms. The molecule has 2 aromatic heterocycles. The molecule has 2 N–H and O–H groups in total. The third-order valence-electron chi connectivity index (χ3n) is 2.79. The van der Waals surface area contributed by atoms with Crippen LogP contribution in [-0.4, -0.2) is 10.1 Å². The molecule has 2 heterocycles. The first-order valence-electron chi connectivity index (χ1n) is 5.68. The van der Waals surface area contributed by atoms with Gasteiger partial charge in [-0.3, -0.25) is 4.98 Å². The van der Waals surface area contributed by atoms with Gasteiger partial charge in [-0.05, 0) is 18.2 Å². The number of hydrogen-bond acceptors (Lipinski definition) is 4. The van der Waals surface area contributed by atoms with Crippen molar-refractivity contribution in [3.8, 4) is 22.5 Å². The zero-order chi connectivity index (χ0) is 13.2. The van der Waals surface area contributed by atoms with E-state index in [1.807, 2.05) is 30.3 Å². The summed E-state index contributed by atoms with van der Waals surface area (Å²) in [7, 11) is 0. The van der Waals surface area contributed by atoms with Crippen molar-refractivity contribution >= 4 is 17.4 Å². The molecule has 0 atom stereocenters. The van der Waals surface area contributed by atoms with Crippen molar-refractivity contribution in [2.75, 3.05) is 5.73 Å². The van der Waals surface area contributed by atoms with Gasteiger partial charge in [0.05, 0.1) is 5.56 Å². The molecule has 3 rings (SSSR count). The molecule has 3 aromatic rings. The number of hydrogen-bond donors (Lipinski definition) is 1. The van der Waals surface area contributed by atoms with Gasteiger partial charge in [-0.1, -0.05) is 35.0 Å². The van der Waals surface area contributed by atoms with Crippen LogP contribution in [0.5, 0.6) is 0 Å². The van der Waals surface area contributed by atoms with Crippen molar-refractivity contribution in [3.63, 3.8) is 0 Å². The second-order valence-electron chi connectivity index (χ2n) is 3.99. The van der Waals surface area contributed by atoms with Crippen molar-refractivity contribution < 1.29 is 4.52 Å². The fourth-order valence-corrected chi connectivity index (χ4v) is 2.15. The first-order chi connectivity index (χ1) is 9.27. The van der Waals surface area contributed by atoms with Crippen molar-refractivity contribution in [1.82, 2.24) is 10.1 Å². The zero-order valence-corrected chi connectivity index (χ0v) is 10.6. The highest BCUT2D eigenvalue weighted by Crippen LogP contribution is 2.39. The molecule has 0 aliphatic heterocycles. The number of benzene rings is 1. The maximum Gasteiger partial charge on any atom is 0.178 e. The third kappa shape index (κ3) is 2.06. The summed E-state index contributed by atoms with van der Waals surface area (Å²) in [6.07, 6.45) is 3.39. The molecule has 1 aromatic carbocycles. The van der Waals surface area contributed by atoms with Crippen LogP contribution >= 0.6 is 11.6 Å². The Bertz CT molecular complexity index is 710. The van der Waals surface area contributed by atoms with Crippen LogP contribution in [0, 0.1) is 0 Å². The van der Waals surface area contributed by atoms with Crippen molar-refractivity contribution in [2.24, 2.45) is 0 Å². The Morgan fingerprint density at radius 2 is 1.95 bits per heavy atom. The predicted molar refractivity (Wildman–Crippen MR) is 74.6 cm³/mol. The number of halogens is 1. The molecule has 0 bridgehead atoms. The van der Waals surface area contributed by atoms with E-state index in [0.717, 1.165) is 11.1 Å². The minimum Gasteiger partial charge on any atom is -0.380 e. The Balaban J connectivity index is 2.23. The normalized spacial score (nSPS) is 10.6. The second kappa shape index (κ2) is 4.74. The van der Waals surface area contributed by atoms with E-state index in [-0.39, 0.29) is 0 Å². The molecule has 0 aliphatic rings. The van der Waals surface area contributed by atoms with E-state index < -0.39 is 0 Å². The summed E-state index contributed by atoms with van der Waals surface area (Å²) in [5.41, 5.74) is 8.19. The van der Waals surface area contributed by atoms with Gasteiger partial charge >= 0.3 is 0 Å². The highest BCUT2D eigenvalue weighted by molar-refractivity contribution is 6.33.